The molecule has 0 aliphatic heterocycles. The molecule has 1 rings (SSSR count). The van der Waals surface area contributed by atoms with Gasteiger partial charge in [-0.1, -0.05) is 52.1 Å². The van der Waals surface area contributed by atoms with Gasteiger partial charge in [0.05, 0.1) is 5.54 Å². The Balaban J connectivity index is 2.84. The van der Waals surface area contributed by atoms with Crippen molar-refractivity contribution in [2.24, 2.45) is 0 Å². The summed E-state index contributed by atoms with van der Waals surface area (Å²) in [6, 6.07) is 4.96. The Labute approximate surface area is 153 Å². The average molecular weight is 428 g/mol. The number of Topliss-reactive ketones (excluding diaryl/α,β-unsaturated/α-hetero) is 1. The molecule has 0 fully saturated rings. The molecule has 0 bridgehead atoms. The Hall–Kier alpha value is -0.550. The molecule has 0 saturated heterocycles. The van der Waals surface area contributed by atoms with Crippen molar-refractivity contribution in [3.63, 3.8) is 0 Å². The molecule has 1 amide bonds. The predicted molar refractivity (Wildman–Crippen MR) is 95.9 cm³/mol. The van der Waals surface area contributed by atoms with E-state index in [2.05, 4.69) is 21.2 Å². The number of alkyl halides is 2. The van der Waals surface area contributed by atoms with E-state index in [1.807, 2.05) is 0 Å². The van der Waals surface area contributed by atoms with E-state index in [1.54, 1.807) is 38.1 Å². The average Bonchev–Trinajstić information content (AvgIpc) is 2.45. The SMILES string of the molecule is CCC(C)(NC(=O)C=Cc1ccc(Cl)cc1Cl)C(=O)C(Cl)Br. The third-order valence-electron chi connectivity index (χ3n) is 3.22. The fraction of sp³-hybridized carbons (Fsp3) is 0.333. The molecule has 0 aliphatic rings. The number of hydrogen-bond acceptors (Lipinski definition) is 2. The van der Waals surface area contributed by atoms with Crippen LogP contribution in [0.2, 0.25) is 10.0 Å². The number of carbonyl (C=O) groups excluding carboxylic acids is 2. The molecular formula is C15H15BrCl3NO2. The molecule has 1 aromatic rings. The Bertz CT molecular complexity index is 604. The van der Waals surface area contributed by atoms with Gasteiger partial charge < -0.3 is 5.32 Å². The second kappa shape index (κ2) is 8.34. The lowest BCUT2D eigenvalue weighted by atomic mass is 9.94. The summed E-state index contributed by atoms with van der Waals surface area (Å²) in [5, 5.41) is 3.62. The first-order chi connectivity index (χ1) is 10.2. The van der Waals surface area contributed by atoms with Gasteiger partial charge in [0, 0.05) is 16.1 Å². The summed E-state index contributed by atoms with van der Waals surface area (Å²) in [4.78, 5) is 24.1. The predicted octanol–water partition coefficient (Wildman–Crippen LogP) is 4.82. The Kier molecular flexibility index (Phi) is 7.39. The van der Waals surface area contributed by atoms with Crippen LogP contribution in [0.1, 0.15) is 25.8 Å². The molecule has 2 atom stereocenters. The molecule has 7 heteroatoms. The quantitative estimate of drug-likeness (QED) is 0.523. The van der Waals surface area contributed by atoms with Gasteiger partial charge in [-0.25, -0.2) is 0 Å². The number of hydrogen-bond donors (Lipinski definition) is 1. The van der Waals surface area contributed by atoms with Crippen molar-refractivity contribution in [3.8, 4) is 0 Å². The van der Waals surface area contributed by atoms with Gasteiger partial charge in [0.25, 0.3) is 0 Å². The van der Waals surface area contributed by atoms with Crippen molar-refractivity contribution in [1.82, 2.24) is 5.32 Å². The molecule has 120 valence electrons. The van der Waals surface area contributed by atoms with Crippen molar-refractivity contribution in [2.45, 2.75) is 30.1 Å². The van der Waals surface area contributed by atoms with Crippen LogP contribution in [0.25, 0.3) is 6.08 Å². The maximum atomic E-state index is 12.0. The lowest BCUT2D eigenvalue weighted by Crippen LogP contribution is -2.53. The molecule has 0 heterocycles. The lowest BCUT2D eigenvalue weighted by molar-refractivity contribution is -0.128. The summed E-state index contributed by atoms with van der Waals surface area (Å²) in [5.41, 5.74) is -0.386. The summed E-state index contributed by atoms with van der Waals surface area (Å²) in [6.07, 6.45) is 3.29. The normalized spacial score (nSPS) is 15.4. The molecule has 0 aliphatic carbocycles. The fourth-order valence-corrected chi connectivity index (χ4v) is 2.90. The molecule has 2 unspecified atom stereocenters. The van der Waals surface area contributed by atoms with Gasteiger partial charge in [0.2, 0.25) is 5.91 Å². The summed E-state index contributed by atoms with van der Waals surface area (Å²) in [7, 11) is 0. The number of nitrogens with one attached hydrogen (secondary N) is 1. The van der Waals surface area contributed by atoms with Crippen LogP contribution in [0.4, 0.5) is 0 Å². The molecule has 1 N–H and O–H groups in total. The first-order valence-electron chi connectivity index (χ1n) is 6.47. The maximum absolute atomic E-state index is 12.0. The largest absolute Gasteiger partial charge is 0.340 e. The van der Waals surface area contributed by atoms with Crippen LogP contribution in [0.3, 0.4) is 0 Å². The smallest absolute Gasteiger partial charge is 0.244 e. The highest BCUT2D eigenvalue weighted by atomic mass is 79.9. The number of rotatable bonds is 6. The zero-order valence-corrected chi connectivity index (χ0v) is 15.9. The molecular weight excluding hydrogens is 412 g/mol. The number of amides is 1. The molecule has 0 aromatic heterocycles. The maximum Gasteiger partial charge on any atom is 0.244 e. The number of halogens is 4. The van der Waals surface area contributed by atoms with Gasteiger partial charge in [-0.05, 0) is 37.1 Å². The van der Waals surface area contributed by atoms with Gasteiger partial charge >= 0.3 is 0 Å². The third-order valence-corrected chi connectivity index (χ3v) is 4.40. The monoisotopic (exact) mass is 425 g/mol. The molecule has 0 spiro atoms. The van der Waals surface area contributed by atoms with Crippen LogP contribution >= 0.6 is 50.7 Å². The van der Waals surface area contributed by atoms with Crippen molar-refractivity contribution < 1.29 is 9.59 Å². The van der Waals surface area contributed by atoms with Crippen LogP contribution in [0, 0.1) is 0 Å². The van der Waals surface area contributed by atoms with E-state index in [9.17, 15) is 9.59 Å². The van der Waals surface area contributed by atoms with Gasteiger partial charge in [0.1, 0.15) is 4.29 Å². The summed E-state index contributed by atoms with van der Waals surface area (Å²) >= 11 is 20.6. The minimum atomic E-state index is -1.04. The van der Waals surface area contributed by atoms with Gasteiger partial charge in [-0.3, -0.25) is 9.59 Å². The van der Waals surface area contributed by atoms with Crippen LogP contribution in [-0.4, -0.2) is 21.5 Å². The fourth-order valence-electron chi connectivity index (χ4n) is 1.68. The molecule has 0 saturated carbocycles. The van der Waals surface area contributed by atoms with Crippen molar-refractivity contribution in [2.75, 3.05) is 0 Å². The second-order valence-corrected chi connectivity index (χ2v) is 7.56. The highest BCUT2D eigenvalue weighted by Gasteiger charge is 2.35. The van der Waals surface area contributed by atoms with Crippen molar-refractivity contribution >= 4 is 68.5 Å². The first kappa shape index (κ1) is 19.5. The number of benzene rings is 1. The van der Waals surface area contributed by atoms with E-state index in [0.717, 1.165) is 0 Å². The van der Waals surface area contributed by atoms with Crippen LogP contribution in [0.5, 0.6) is 0 Å². The summed E-state index contributed by atoms with van der Waals surface area (Å²) < 4.78 is -0.854. The van der Waals surface area contributed by atoms with E-state index in [4.69, 9.17) is 34.8 Å². The lowest BCUT2D eigenvalue weighted by Gasteiger charge is -2.28. The first-order valence-corrected chi connectivity index (χ1v) is 8.58. The topological polar surface area (TPSA) is 46.2 Å². The second-order valence-electron chi connectivity index (χ2n) is 4.84. The van der Waals surface area contributed by atoms with E-state index >= 15 is 0 Å². The van der Waals surface area contributed by atoms with Crippen LogP contribution in [-0.2, 0) is 9.59 Å². The van der Waals surface area contributed by atoms with Gasteiger partial charge in [-0.2, -0.15) is 0 Å². The highest BCUT2D eigenvalue weighted by molar-refractivity contribution is 9.10. The Morgan fingerprint density at radius 3 is 2.55 bits per heavy atom. The molecule has 22 heavy (non-hydrogen) atoms. The minimum Gasteiger partial charge on any atom is -0.340 e. The standard InChI is InChI=1S/C15H15BrCl3NO2/c1-3-15(2,13(22)14(16)19)20-12(21)7-5-9-4-6-10(17)8-11(9)18/h4-8,14H,3H2,1-2H3,(H,20,21). The van der Waals surface area contributed by atoms with Crippen LogP contribution < -0.4 is 5.32 Å². The zero-order chi connectivity index (χ0) is 16.9. The summed E-state index contributed by atoms with van der Waals surface area (Å²) in [5.74, 6) is -0.712. The van der Waals surface area contributed by atoms with Crippen LogP contribution in [0.15, 0.2) is 24.3 Å². The Morgan fingerprint density at radius 2 is 2.05 bits per heavy atom. The van der Waals surface area contributed by atoms with E-state index in [-0.39, 0.29) is 5.78 Å². The number of carbonyl (C=O) groups is 2. The number of ketones is 1. The molecule has 1 aromatic carbocycles. The summed E-state index contributed by atoms with van der Waals surface area (Å²) in [6.45, 7) is 3.43. The molecule has 0 radical (unpaired) electrons. The van der Waals surface area contributed by atoms with E-state index in [0.29, 0.717) is 22.0 Å². The zero-order valence-electron chi connectivity index (χ0n) is 12.0. The van der Waals surface area contributed by atoms with Crippen molar-refractivity contribution in [1.29, 1.82) is 0 Å². The third kappa shape index (κ3) is 5.27. The van der Waals surface area contributed by atoms with E-state index in [1.165, 1.54) is 6.08 Å². The van der Waals surface area contributed by atoms with Gasteiger partial charge in [-0.15, -0.1) is 11.6 Å². The highest BCUT2D eigenvalue weighted by Crippen LogP contribution is 2.22. The minimum absolute atomic E-state index is 0.303. The van der Waals surface area contributed by atoms with Gasteiger partial charge in [0.15, 0.2) is 5.78 Å². The Morgan fingerprint density at radius 1 is 1.41 bits per heavy atom. The van der Waals surface area contributed by atoms with E-state index < -0.39 is 15.7 Å². The molecule has 3 nitrogen and oxygen atoms in total. The van der Waals surface area contributed by atoms with Crippen molar-refractivity contribution in [3.05, 3.63) is 39.9 Å².